The Kier molecular flexibility index (Phi) is 4.74. The smallest absolute Gasteiger partial charge is 0.147 e. The third-order valence-electron chi connectivity index (χ3n) is 2.42. The Labute approximate surface area is 119 Å². The molecule has 0 saturated carbocycles. The molecule has 2 aromatic rings. The van der Waals surface area contributed by atoms with Gasteiger partial charge in [-0.1, -0.05) is 6.92 Å². The first-order valence-electron chi connectivity index (χ1n) is 6.01. The molecule has 1 aromatic heterocycles. The second kappa shape index (κ2) is 6.52. The van der Waals surface area contributed by atoms with Gasteiger partial charge in [-0.15, -0.1) is 0 Å². The number of halogens is 2. The summed E-state index contributed by atoms with van der Waals surface area (Å²) in [6, 6.07) is 6.37. The van der Waals surface area contributed by atoms with Crippen LogP contribution < -0.4 is 10.1 Å². The van der Waals surface area contributed by atoms with Gasteiger partial charge in [0, 0.05) is 12.6 Å². The number of hydrogen-bond donors (Lipinski definition) is 1. The van der Waals surface area contributed by atoms with E-state index in [0.29, 0.717) is 16.0 Å². The lowest BCUT2D eigenvalue weighted by molar-refractivity contribution is 0.478. The van der Waals surface area contributed by atoms with Crippen LogP contribution in [-0.4, -0.2) is 11.5 Å². The van der Waals surface area contributed by atoms with Crippen molar-refractivity contribution in [2.75, 3.05) is 11.9 Å². The molecule has 0 atom stereocenters. The summed E-state index contributed by atoms with van der Waals surface area (Å²) < 4.78 is 19.1. The Morgan fingerprint density at radius 2 is 2.11 bits per heavy atom. The fourth-order valence-electron chi connectivity index (χ4n) is 1.52. The van der Waals surface area contributed by atoms with Crippen LogP contribution in [0.4, 0.5) is 10.1 Å². The molecule has 1 heterocycles. The van der Waals surface area contributed by atoms with Crippen LogP contribution in [0.15, 0.2) is 41.1 Å². The maximum Gasteiger partial charge on any atom is 0.147 e. The van der Waals surface area contributed by atoms with E-state index in [4.69, 9.17) is 4.74 Å². The fourth-order valence-corrected chi connectivity index (χ4v) is 1.87. The Morgan fingerprint density at radius 3 is 2.84 bits per heavy atom. The van der Waals surface area contributed by atoms with Crippen LogP contribution in [0, 0.1) is 5.82 Å². The van der Waals surface area contributed by atoms with Gasteiger partial charge >= 0.3 is 0 Å². The van der Waals surface area contributed by atoms with Crippen molar-refractivity contribution in [2.24, 2.45) is 0 Å². The van der Waals surface area contributed by atoms with E-state index < -0.39 is 0 Å². The van der Waals surface area contributed by atoms with Crippen molar-refractivity contribution in [3.05, 3.63) is 46.9 Å². The molecule has 0 saturated heterocycles. The minimum absolute atomic E-state index is 0.316. The fraction of sp³-hybridized carbons (Fsp3) is 0.214. The van der Waals surface area contributed by atoms with Crippen molar-refractivity contribution in [1.82, 2.24) is 4.98 Å². The number of anilines is 1. The molecule has 0 aliphatic rings. The predicted molar refractivity (Wildman–Crippen MR) is 77.2 cm³/mol. The topological polar surface area (TPSA) is 34.2 Å². The Balaban J connectivity index is 2.11. The van der Waals surface area contributed by atoms with Crippen LogP contribution in [0.2, 0.25) is 0 Å². The minimum Gasteiger partial charge on any atom is -0.456 e. The lowest BCUT2D eigenvalue weighted by Crippen LogP contribution is -2.00. The van der Waals surface area contributed by atoms with Gasteiger partial charge in [-0.3, -0.25) is 4.98 Å². The average molecular weight is 325 g/mol. The van der Waals surface area contributed by atoms with E-state index in [9.17, 15) is 4.39 Å². The molecule has 1 N–H and O–H groups in total. The van der Waals surface area contributed by atoms with Crippen LogP contribution in [-0.2, 0) is 0 Å². The van der Waals surface area contributed by atoms with Crippen molar-refractivity contribution in [1.29, 1.82) is 0 Å². The summed E-state index contributed by atoms with van der Waals surface area (Å²) in [6.07, 6.45) is 4.40. The van der Waals surface area contributed by atoms with Crippen molar-refractivity contribution in [3.63, 3.8) is 0 Å². The van der Waals surface area contributed by atoms with Gasteiger partial charge in [0.15, 0.2) is 0 Å². The molecule has 0 fully saturated rings. The highest BCUT2D eigenvalue weighted by molar-refractivity contribution is 9.10. The lowest BCUT2D eigenvalue weighted by atomic mass is 10.3. The lowest BCUT2D eigenvalue weighted by Gasteiger charge is -2.08. The summed E-state index contributed by atoms with van der Waals surface area (Å²) in [7, 11) is 0. The van der Waals surface area contributed by atoms with Crippen LogP contribution in [0.5, 0.6) is 11.5 Å². The van der Waals surface area contributed by atoms with Crippen LogP contribution in [0.25, 0.3) is 0 Å². The summed E-state index contributed by atoms with van der Waals surface area (Å²) in [5.41, 5.74) is 0.903. The standard InChI is InChI=1S/C14H14BrFN2O/c1-2-5-18-10-6-12(9-17-8-10)19-11-3-4-14(16)13(15)7-11/h3-4,6-9,18H,2,5H2,1H3. The van der Waals surface area contributed by atoms with Crippen molar-refractivity contribution in [2.45, 2.75) is 13.3 Å². The molecule has 0 amide bonds. The molecule has 0 unspecified atom stereocenters. The van der Waals surface area contributed by atoms with Gasteiger partial charge in [-0.2, -0.15) is 0 Å². The first-order valence-corrected chi connectivity index (χ1v) is 6.80. The first kappa shape index (κ1) is 13.8. The van der Waals surface area contributed by atoms with Gasteiger partial charge in [0.1, 0.15) is 17.3 Å². The molecule has 2 rings (SSSR count). The number of pyridine rings is 1. The number of rotatable bonds is 5. The van der Waals surface area contributed by atoms with Crippen LogP contribution in [0.3, 0.4) is 0 Å². The average Bonchev–Trinajstić information content (AvgIpc) is 2.41. The van der Waals surface area contributed by atoms with Gasteiger partial charge in [-0.05, 0) is 40.5 Å². The summed E-state index contributed by atoms with van der Waals surface area (Å²) in [5.74, 6) is 0.853. The molecule has 1 aromatic carbocycles. The third-order valence-corrected chi connectivity index (χ3v) is 3.03. The summed E-state index contributed by atoms with van der Waals surface area (Å²) in [4.78, 5) is 4.10. The number of benzene rings is 1. The molecule has 0 bridgehead atoms. The predicted octanol–water partition coefficient (Wildman–Crippen LogP) is 4.60. The zero-order valence-corrected chi connectivity index (χ0v) is 12.1. The molecule has 0 aliphatic carbocycles. The summed E-state index contributed by atoms with van der Waals surface area (Å²) >= 11 is 3.13. The van der Waals surface area contributed by atoms with E-state index >= 15 is 0 Å². The highest BCUT2D eigenvalue weighted by atomic mass is 79.9. The monoisotopic (exact) mass is 324 g/mol. The molecule has 19 heavy (non-hydrogen) atoms. The molecule has 0 radical (unpaired) electrons. The number of nitrogens with zero attached hydrogens (tertiary/aromatic N) is 1. The van der Waals surface area contributed by atoms with Gasteiger partial charge in [0.05, 0.1) is 22.6 Å². The van der Waals surface area contributed by atoms with Crippen molar-refractivity contribution in [3.8, 4) is 11.5 Å². The molecule has 100 valence electrons. The van der Waals surface area contributed by atoms with Crippen molar-refractivity contribution < 1.29 is 9.13 Å². The molecule has 5 heteroatoms. The van der Waals surface area contributed by atoms with Gasteiger partial charge in [-0.25, -0.2) is 4.39 Å². The maximum absolute atomic E-state index is 13.1. The van der Waals surface area contributed by atoms with Crippen LogP contribution in [0.1, 0.15) is 13.3 Å². The van der Waals surface area contributed by atoms with E-state index in [0.717, 1.165) is 18.7 Å². The second-order valence-corrected chi connectivity index (χ2v) is 4.87. The minimum atomic E-state index is -0.316. The zero-order valence-electron chi connectivity index (χ0n) is 10.5. The third kappa shape index (κ3) is 3.92. The van der Waals surface area contributed by atoms with E-state index in [1.54, 1.807) is 24.5 Å². The SMILES string of the molecule is CCCNc1cncc(Oc2ccc(F)c(Br)c2)c1. The van der Waals surface area contributed by atoms with E-state index in [1.165, 1.54) is 6.07 Å². The van der Waals surface area contributed by atoms with E-state index in [1.807, 2.05) is 6.07 Å². The number of aromatic nitrogens is 1. The summed E-state index contributed by atoms with van der Waals surface area (Å²) in [6.45, 7) is 2.98. The molecule has 0 spiro atoms. The largest absolute Gasteiger partial charge is 0.456 e. The quantitative estimate of drug-likeness (QED) is 0.872. The van der Waals surface area contributed by atoms with E-state index in [2.05, 4.69) is 33.2 Å². The van der Waals surface area contributed by atoms with Gasteiger partial charge < -0.3 is 10.1 Å². The second-order valence-electron chi connectivity index (χ2n) is 4.01. The Morgan fingerprint density at radius 1 is 1.26 bits per heavy atom. The number of hydrogen-bond acceptors (Lipinski definition) is 3. The van der Waals surface area contributed by atoms with Crippen molar-refractivity contribution >= 4 is 21.6 Å². The highest BCUT2D eigenvalue weighted by Crippen LogP contribution is 2.27. The zero-order chi connectivity index (χ0) is 13.7. The van der Waals surface area contributed by atoms with E-state index in [-0.39, 0.29) is 5.82 Å². The Hall–Kier alpha value is -1.62. The summed E-state index contributed by atoms with van der Waals surface area (Å²) in [5, 5.41) is 3.23. The normalized spacial score (nSPS) is 10.3. The molecular weight excluding hydrogens is 311 g/mol. The highest BCUT2D eigenvalue weighted by Gasteiger charge is 2.03. The van der Waals surface area contributed by atoms with Crippen LogP contribution >= 0.6 is 15.9 Å². The first-order chi connectivity index (χ1) is 9.19. The maximum atomic E-state index is 13.1. The molecule has 3 nitrogen and oxygen atoms in total. The number of nitrogens with one attached hydrogen (secondary N) is 1. The number of ether oxygens (including phenoxy) is 1. The van der Waals surface area contributed by atoms with Gasteiger partial charge in [0.2, 0.25) is 0 Å². The molecule has 0 aliphatic heterocycles. The van der Waals surface area contributed by atoms with Gasteiger partial charge in [0.25, 0.3) is 0 Å². The Bertz CT molecular complexity index is 563. The molecular formula is C14H14BrFN2O.